The molecule has 136 valence electrons. The lowest BCUT2D eigenvalue weighted by atomic mass is 10.3. The Bertz CT molecular complexity index is 971. The van der Waals surface area contributed by atoms with Crippen molar-refractivity contribution in [3.8, 4) is 17.4 Å². The van der Waals surface area contributed by atoms with Gasteiger partial charge < -0.3 is 9.47 Å². The third-order valence-corrected chi connectivity index (χ3v) is 3.04. The molecule has 0 spiro atoms. The van der Waals surface area contributed by atoms with Gasteiger partial charge in [-0.1, -0.05) is 0 Å². The number of rotatable bonds is 5. The number of carbonyl (C=O) groups excluding carboxylic acids is 1. The zero-order valence-electron chi connectivity index (χ0n) is 12.6. The molecule has 3 rings (SSSR count). The van der Waals surface area contributed by atoms with Crippen molar-refractivity contribution >= 4 is 11.8 Å². The number of pyridine rings is 2. The highest BCUT2D eigenvalue weighted by Gasteiger charge is 2.29. The minimum absolute atomic E-state index is 0.0376. The molecule has 0 aliphatic rings. The maximum Gasteiger partial charge on any atom is 0.422 e. The van der Waals surface area contributed by atoms with Gasteiger partial charge in [0.15, 0.2) is 30.2 Å². The highest BCUT2D eigenvalue weighted by atomic mass is 19.4. The van der Waals surface area contributed by atoms with Crippen LogP contribution in [0.15, 0.2) is 30.6 Å². The normalized spacial score (nSPS) is 11.6. The molecule has 11 heteroatoms. The second-order valence-electron chi connectivity index (χ2n) is 5.00. The van der Waals surface area contributed by atoms with E-state index in [0.29, 0.717) is 18.5 Å². The van der Waals surface area contributed by atoms with Crippen molar-refractivity contribution in [3.63, 3.8) is 0 Å². The van der Waals surface area contributed by atoms with E-state index in [1.54, 1.807) is 0 Å². The molecule has 0 aromatic carbocycles. The van der Waals surface area contributed by atoms with Gasteiger partial charge in [0.1, 0.15) is 11.5 Å². The molecule has 0 bridgehead atoms. The van der Waals surface area contributed by atoms with Gasteiger partial charge in [0.2, 0.25) is 0 Å². The quantitative estimate of drug-likeness (QED) is 0.506. The van der Waals surface area contributed by atoms with Crippen LogP contribution in [-0.4, -0.2) is 33.7 Å². The summed E-state index contributed by atoms with van der Waals surface area (Å²) < 4.78 is 74.9. The van der Waals surface area contributed by atoms with Crippen LogP contribution in [0.3, 0.4) is 0 Å². The highest BCUT2D eigenvalue weighted by molar-refractivity contribution is 5.75. The Morgan fingerprint density at radius 1 is 1.15 bits per heavy atom. The lowest BCUT2D eigenvalue weighted by molar-refractivity contribution is -0.153. The molecule has 0 aliphatic carbocycles. The zero-order valence-corrected chi connectivity index (χ0v) is 12.6. The van der Waals surface area contributed by atoms with E-state index in [1.807, 2.05) is 0 Å². The van der Waals surface area contributed by atoms with Crippen LogP contribution >= 0.6 is 0 Å². The summed E-state index contributed by atoms with van der Waals surface area (Å²) in [5.41, 5.74) is 0.319. The van der Waals surface area contributed by atoms with Crippen LogP contribution in [-0.2, 0) is 0 Å². The smallest absolute Gasteiger partial charge is 0.422 e. The number of carbonyl (C=O) groups is 1. The monoisotopic (exact) mass is 373 g/mol. The first kappa shape index (κ1) is 17.6. The van der Waals surface area contributed by atoms with Crippen LogP contribution in [0.4, 0.5) is 22.0 Å². The van der Waals surface area contributed by atoms with Crippen molar-refractivity contribution in [2.75, 3.05) is 6.61 Å². The Labute approximate surface area is 141 Å². The van der Waals surface area contributed by atoms with E-state index >= 15 is 0 Å². The molecule has 0 N–H and O–H groups in total. The van der Waals surface area contributed by atoms with E-state index in [1.165, 1.54) is 6.07 Å². The number of aromatic nitrogens is 3. The summed E-state index contributed by atoms with van der Waals surface area (Å²) >= 11 is 0. The van der Waals surface area contributed by atoms with Crippen LogP contribution in [0.5, 0.6) is 17.4 Å². The number of alkyl halides is 3. The first-order valence-corrected chi connectivity index (χ1v) is 6.92. The number of ether oxygens (including phenoxy) is 2. The van der Waals surface area contributed by atoms with Crippen LogP contribution in [0.25, 0.3) is 5.52 Å². The summed E-state index contributed by atoms with van der Waals surface area (Å²) in [5, 5.41) is 3.76. The Balaban J connectivity index is 1.94. The molecular formula is C15H8F5N3O3. The fraction of sp³-hybridized carbons (Fsp3) is 0.133. The van der Waals surface area contributed by atoms with Crippen molar-refractivity contribution in [2.24, 2.45) is 0 Å². The molecule has 0 radical (unpaired) electrons. The van der Waals surface area contributed by atoms with Crippen LogP contribution < -0.4 is 9.47 Å². The molecule has 0 fully saturated rings. The van der Waals surface area contributed by atoms with E-state index in [2.05, 4.69) is 14.8 Å². The molecule has 0 atom stereocenters. The fourth-order valence-electron chi connectivity index (χ4n) is 2.00. The molecule has 0 unspecified atom stereocenters. The van der Waals surface area contributed by atoms with Crippen molar-refractivity contribution in [2.45, 2.75) is 6.18 Å². The third-order valence-electron chi connectivity index (χ3n) is 3.04. The molecule has 0 saturated heterocycles. The molecule has 26 heavy (non-hydrogen) atoms. The van der Waals surface area contributed by atoms with Gasteiger partial charge in [0.25, 0.3) is 5.88 Å². The average molecular weight is 373 g/mol. The second kappa shape index (κ2) is 6.58. The van der Waals surface area contributed by atoms with Gasteiger partial charge in [-0.2, -0.15) is 18.3 Å². The van der Waals surface area contributed by atoms with E-state index in [9.17, 15) is 26.7 Å². The molecule has 6 nitrogen and oxygen atoms in total. The van der Waals surface area contributed by atoms with Gasteiger partial charge >= 0.3 is 6.18 Å². The number of aldehydes is 1. The van der Waals surface area contributed by atoms with E-state index < -0.39 is 41.8 Å². The second-order valence-corrected chi connectivity index (χ2v) is 5.00. The summed E-state index contributed by atoms with van der Waals surface area (Å²) in [6, 6.07) is 3.11. The highest BCUT2D eigenvalue weighted by Crippen LogP contribution is 2.33. The summed E-state index contributed by atoms with van der Waals surface area (Å²) in [4.78, 5) is 14.2. The van der Waals surface area contributed by atoms with Crippen LogP contribution in [0.2, 0.25) is 0 Å². The Morgan fingerprint density at radius 3 is 2.62 bits per heavy atom. The minimum Gasteiger partial charge on any atom is -0.478 e. The minimum atomic E-state index is -4.67. The zero-order chi connectivity index (χ0) is 18.9. The molecule has 3 aromatic rings. The molecule has 3 aromatic heterocycles. The van der Waals surface area contributed by atoms with Crippen molar-refractivity contribution in [1.29, 1.82) is 0 Å². The predicted molar refractivity (Wildman–Crippen MR) is 76.4 cm³/mol. The number of hydrogen-bond acceptors (Lipinski definition) is 5. The molecule has 0 aliphatic heterocycles. The van der Waals surface area contributed by atoms with Crippen molar-refractivity contribution in [3.05, 3.63) is 47.9 Å². The summed E-state index contributed by atoms with van der Waals surface area (Å²) in [6.07, 6.45) is -2.64. The SMILES string of the molecule is O=Cc1cc2cc(Oc3ncc(F)cc3OCC(F)(F)F)c(F)cn2n1. The molecule has 3 heterocycles. The topological polar surface area (TPSA) is 65.7 Å². The van der Waals surface area contributed by atoms with Crippen molar-refractivity contribution in [1.82, 2.24) is 14.6 Å². The lowest BCUT2D eigenvalue weighted by Crippen LogP contribution is -2.19. The van der Waals surface area contributed by atoms with Gasteiger partial charge in [0, 0.05) is 12.1 Å². The molecule has 0 saturated carbocycles. The van der Waals surface area contributed by atoms with E-state index in [4.69, 9.17) is 4.74 Å². The van der Waals surface area contributed by atoms with Gasteiger partial charge in [-0.3, -0.25) is 4.79 Å². The standard InChI is InChI=1S/C15H8F5N3O3/c16-8-1-13(25-7-15(18,19)20)14(21-4-8)26-12-3-10-2-9(6-24)22-23(10)5-11(12)17/h1-6H,7H2. The van der Waals surface area contributed by atoms with Gasteiger partial charge in [-0.25, -0.2) is 18.3 Å². The Kier molecular flexibility index (Phi) is 4.45. The van der Waals surface area contributed by atoms with E-state index in [-0.39, 0.29) is 11.2 Å². The number of hydrogen-bond donors (Lipinski definition) is 0. The third kappa shape index (κ3) is 3.87. The van der Waals surface area contributed by atoms with E-state index in [0.717, 1.165) is 16.8 Å². The van der Waals surface area contributed by atoms with Gasteiger partial charge in [-0.05, 0) is 6.07 Å². The largest absolute Gasteiger partial charge is 0.478 e. The van der Waals surface area contributed by atoms with Crippen LogP contribution in [0.1, 0.15) is 10.5 Å². The summed E-state index contributed by atoms with van der Waals surface area (Å²) in [6.45, 7) is -1.71. The maximum atomic E-state index is 14.1. The van der Waals surface area contributed by atoms with Crippen molar-refractivity contribution < 1.29 is 36.2 Å². The molecular weight excluding hydrogens is 365 g/mol. The first-order valence-electron chi connectivity index (χ1n) is 6.92. The maximum absolute atomic E-state index is 14.1. The van der Waals surface area contributed by atoms with Gasteiger partial charge in [-0.15, -0.1) is 0 Å². The summed E-state index contributed by atoms with van der Waals surface area (Å²) in [7, 11) is 0. The van der Waals surface area contributed by atoms with Gasteiger partial charge in [0.05, 0.1) is 17.9 Å². The Hall–Kier alpha value is -3.24. The lowest BCUT2D eigenvalue weighted by Gasteiger charge is -2.13. The average Bonchev–Trinajstić information content (AvgIpc) is 2.96. The first-order chi connectivity index (χ1) is 12.2. The Morgan fingerprint density at radius 2 is 1.92 bits per heavy atom. The summed E-state index contributed by atoms with van der Waals surface area (Å²) in [5.74, 6) is -3.54. The fourth-order valence-corrected chi connectivity index (χ4v) is 2.00. The number of nitrogens with zero attached hydrogens (tertiary/aromatic N) is 3. The predicted octanol–water partition coefficient (Wildman–Crippen LogP) is 3.55. The van der Waals surface area contributed by atoms with Crippen LogP contribution in [0, 0.1) is 11.6 Å². The number of fused-ring (bicyclic) bond motifs is 1. The number of halogens is 5. The molecule has 0 amide bonds.